The lowest BCUT2D eigenvalue weighted by Gasteiger charge is -2.31. The van der Waals surface area contributed by atoms with Crippen molar-refractivity contribution in [3.63, 3.8) is 0 Å². The molecule has 1 aromatic carbocycles. The summed E-state index contributed by atoms with van der Waals surface area (Å²) in [7, 11) is 0. The first kappa shape index (κ1) is 12.9. The molecule has 1 fully saturated rings. The number of ether oxygens (including phenoxy) is 1. The molecule has 106 valence electrons. The van der Waals surface area contributed by atoms with Crippen LogP contribution in [0, 0.1) is 0 Å². The van der Waals surface area contributed by atoms with Crippen molar-refractivity contribution in [2.24, 2.45) is 5.73 Å². The smallest absolute Gasteiger partial charge is 0.408 e. The number of rotatable bonds is 2. The number of nitrogens with one attached hydrogen (secondary N) is 2. The zero-order chi connectivity index (χ0) is 14.2. The molecule has 0 bridgehead atoms. The van der Waals surface area contributed by atoms with Gasteiger partial charge in [-0.3, -0.25) is 9.78 Å². The number of aromatic nitrogens is 1. The highest BCUT2D eigenvalue weighted by Gasteiger charge is 2.35. The molecular weight excluding hydrogens is 262 g/mol. The van der Waals surface area contributed by atoms with Gasteiger partial charge in [0.2, 0.25) is 5.91 Å². The number of anilines is 1. The number of carbonyl (C=O) groups is 1. The van der Waals surface area contributed by atoms with Crippen LogP contribution in [0.1, 0.15) is 12.8 Å². The number of benzene rings is 1. The van der Waals surface area contributed by atoms with Crippen LogP contribution in [0.4, 0.5) is 5.69 Å². The second kappa shape index (κ2) is 4.77. The summed E-state index contributed by atoms with van der Waals surface area (Å²) in [4.78, 5) is 25.9. The normalized spacial score (nSPS) is 18.1. The number of aromatic amines is 1. The fourth-order valence-electron chi connectivity index (χ4n) is 2.25. The minimum absolute atomic E-state index is 0.244. The first-order valence-corrected chi connectivity index (χ1v) is 6.38. The fraction of sp³-hybridized carbons (Fsp3) is 0.385. The van der Waals surface area contributed by atoms with Crippen molar-refractivity contribution in [3.8, 4) is 0 Å². The molecule has 7 heteroatoms. The van der Waals surface area contributed by atoms with E-state index in [0.29, 0.717) is 42.8 Å². The van der Waals surface area contributed by atoms with Gasteiger partial charge in [-0.25, -0.2) is 4.79 Å². The second-order valence-corrected chi connectivity index (χ2v) is 4.95. The highest BCUT2D eigenvalue weighted by molar-refractivity contribution is 5.99. The maximum absolute atomic E-state index is 12.2. The van der Waals surface area contributed by atoms with Crippen molar-refractivity contribution in [3.05, 3.63) is 28.7 Å². The van der Waals surface area contributed by atoms with Crippen LogP contribution in [-0.2, 0) is 9.53 Å². The van der Waals surface area contributed by atoms with Gasteiger partial charge in [-0.15, -0.1) is 0 Å². The molecule has 2 heterocycles. The maximum Gasteiger partial charge on any atom is 0.417 e. The van der Waals surface area contributed by atoms with Gasteiger partial charge in [-0.2, -0.15) is 0 Å². The third kappa shape index (κ3) is 2.33. The zero-order valence-corrected chi connectivity index (χ0v) is 10.8. The molecule has 0 spiro atoms. The third-order valence-electron chi connectivity index (χ3n) is 3.51. The Labute approximate surface area is 114 Å². The van der Waals surface area contributed by atoms with Crippen LogP contribution >= 0.6 is 0 Å². The minimum Gasteiger partial charge on any atom is -0.408 e. The maximum atomic E-state index is 12.2. The summed E-state index contributed by atoms with van der Waals surface area (Å²) in [5.74, 6) is -0.769. The lowest BCUT2D eigenvalue weighted by molar-refractivity contribution is -0.124. The Morgan fingerprint density at radius 3 is 2.85 bits per heavy atom. The number of amides is 1. The van der Waals surface area contributed by atoms with Crippen molar-refractivity contribution in [2.75, 3.05) is 18.5 Å². The zero-order valence-electron chi connectivity index (χ0n) is 10.8. The van der Waals surface area contributed by atoms with Crippen LogP contribution in [-0.4, -0.2) is 29.6 Å². The van der Waals surface area contributed by atoms with E-state index in [2.05, 4.69) is 10.3 Å². The van der Waals surface area contributed by atoms with Crippen molar-refractivity contribution in [1.82, 2.24) is 4.98 Å². The quantitative estimate of drug-likeness (QED) is 0.743. The van der Waals surface area contributed by atoms with Crippen LogP contribution < -0.4 is 16.8 Å². The van der Waals surface area contributed by atoms with Gasteiger partial charge in [0, 0.05) is 18.9 Å². The monoisotopic (exact) mass is 277 g/mol. The van der Waals surface area contributed by atoms with E-state index in [0.717, 1.165) is 0 Å². The molecule has 1 saturated heterocycles. The summed E-state index contributed by atoms with van der Waals surface area (Å²) >= 11 is 0. The Morgan fingerprint density at radius 1 is 1.35 bits per heavy atom. The predicted octanol–water partition coefficient (Wildman–Crippen LogP) is 0.567. The number of carbonyl (C=O) groups excluding carboxylic acids is 1. The van der Waals surface area contributed by atoms with Crippen LogP contribution in [0.25, 0.3) is 11.1 Å². The number of H-pyrrole nitrogens is 1. The largest absolute Gasteiger partial charge is 0.417 e. The van der Waals surface area contributed by atoms with Gasteiger partial charge in [0.05, 0.1) is 5.52 Å². The summed E-state index contributed by atoms with van der Waals surface area (Å²) in [5, 5.41) is 2.77. The van der Waals surface area contributed by atoms with Crippen LogP contribution in [0.5, 0.6) is 0 Å². The first-order chi connectivity index (χ1) is 9.57. The second-order valence-electron chi connectivity index (χ2n) is 4.95. The van der Waals surface area contributed by atoms with Gasteiger partial charge < -0.3 is 20.2 Å². The van der Waals surface area contributed by atoms with E-state index in [9.17, 15) is 9.59 Å². The molecule has 1 aromatic heterocycles. The van der Waals surface area contributed by atoms with Crippen LogP contribution in [0.3, 0.4) is 0 Å². The Kier molecular flexibility index (Phi) is 3.07. The Hall–Kier alpha value is -2.12. The van der Waals surface area contributed by atoms with E-state index < -0.39 is 11.3 Å². The molecule has 2 aromatic rings. The molecule has 0 saturated carbocycles. The topological polar surface area (TPSA) is 110 Å². The molecule has 1 amide bonds. The summed E-state index contributed by atoms with van der Waals surface area (Å²) < 4.78 is 10.1. The Morgan fingerprint density at radius 2 is 2.10 bits per heavy atom. The molecule has 0 atom stereocenters. The summed E-state index contributed by atoms with van der Waals surface area (Å²) in [6.45, 7) is 0.968. The predicted molar refractivity (Wildman–Crippen MR) is 72.4 cm³/mol. The number of nitrogens with two attached hydrogens (primary N) is 1. The van der Waals surface area contributed by atoms with E-state index in [1.54, 1.807) is 18.2 Å². The average Bonchev–Trinajstić information content (AvgIpc) is 2.79. The van der Waals surface area contributed by atoms with E-state index in [1.807, 2.05) is 0 Å². The Balaban J connectivity index is 1.81. The van der Waals surface area contributed by atoms with Gasteiger partial charge in [-0.1, -0.05) is 0 Å². The molecule has 1 aliphatic heterocycles. The van der Waals surface area contributed by atoms with Gasteiger partial charge in [0.15, 0.2) is 5.58 Å². The summed E-state index contributed by atoms with van der Waals surface area (Å²) in [5.41, 5.74) is 6.74. The molecule has 3 rings (SSSR count). The van der Waals surface area contributed by atoms with Crippen molar-refractivity contribution < 1.29 is 13.9 Å². The number of hydrogen-bond acceptors (Lipinski definition) is 5. The van der Waals surface area contributed by atoms with Gasteiger partial charge >= 0.3 is 5.76 Å². The molecule has 0 aliphatic carbocycles. The first-order valence-electron chi connectivity index (χ1n) is 6.38. The molecule has 0 radical (unpaired) electrons. The van der Waals surface area contributed by atoms with E-state index in [4.69, 9.17) is 14.9 Å². The summed E-state index contributed by atoms with van der Waals surface area (Å²) in [6.07, 6.45) is 0.979. The molecule has 20 heavy (non-hydrogen) atoms. The van der Waals surface area contributed by atoms with Crippen LogP contribution in [0.15, 0.2) is 27.4 Å². The van der Waals surface area contributed by atoms with Crippen LogP contribution in [0.2, 0.25) is 0 Å². The van der Waals surface area contributed by atoms with Crippen molar-refractivity contribution >= 4 is 22.7 Å². The lowest BCUT2D eigenvalue weighted by atomic mass is 9.90. The average molecular weight is 277 g/mol. The fourth-order valence-corrected chi connectivity index (χ4v) is 2.25. The van der Waals surface area contributed by atoms with Gasteiger partial charge in [0.25, 0.3) is 0 Å². The standard InChI is InChI=1S/C13H15N3O4/c14-13(3-5-19-6-4-13)11(17)15-8-1-2-10-9(7-8)16-12(18)20-10/h1-2,7H,3-6,14H2,(H,15,17)(H,16,18). The number of fused-ring (bicyclic) bond motifs is 1. The van der Waals surface area contributed by atoms with E-state index in [1.165, 1.54) is 0 Å². The molecule has 7 nitrogen and oxygen atoms in total. The summed E-state index contributed by atoms with van der Waals surface area (Å²) in [6, 6.07) is 4.93. The van der Waals surface area contributed by atoms with E-state index in [-0.39, 0.29) is 5.91 Å². The van der Waals surface area contributed by atoms with Gasteiger partial charge in [-0.05, 0) is 31.0 Å². The highest BCUT2D eigenvalue weighted by Crippen LogP contribution is 2.21. The molecule has 4 N–H and O–H groups in total. The lowest BCUT2D eigenvalue weighted by Crippen LogP contribution is -2.54. The molecular formula is C13H15N3O4. The highest BCUT2D eigenvalue weighted by atomic mass is 16.5. The van der Waals surface area contributed by atoms with Crippen molar-refractivity contribution in [2.45, 2.75) is 18.4 Å². The van der Waals surface area contributed by atoms with Crippen molar-refractivity contribution in [1.29, 1.82) is 0 Å². The van der Waals surface area contributed by atoms with E-state index >= 15 is 0 Å². The number of hydrogen-bond donors (Lipinski definition) is 3. The molecule has 1 aliphatic rings. The minimum atomic E-state index is -0.906. The Bertz CT molecular complexity index is 697. The number of oxazole rings is 1. The third-order valence-corrected chi connectivity index (χ3v) is 3.51. The molecule has 0 unspecified atom stereocenters. The SMILES string of the molecule is NC1(C(=O)Nc2ccc3oc(=O)[nH]c3c2)CCOCC1. The van der Waals surface area contributed by atoms with Gasteiger partial charge in [0.1, 0.15) is 5.54 Å².